The number of fused-ring (bicyclic) bond motifs is 4. The summed E-state index contributed by atoms with van der Waals surface area (Å²) in [5.74, 6) is 0.798. The molecule has 4 radical (unpaired) electrons. The number of aromatic nitrogens is 4. The van der Waals surface area contributed by atoms with Crippen molar-refractivity contribution < 1.29 is 174 Å². The van der Waals surface area contributed by atoms with Gasteiger partial charge in [0.15, 0.2) is 0 Å². The molecule has 784 valence electrons. The minimum absolute atomic E-state index is 0. The number of aliphatic hydroxyl groups excluding tert-OH is 8. The Hall–Kier alpha value is -5.08. The Morgan fingerprint density at radius 1 is 0.261 bits per heavy atom. The van der Waals surface area contributed by atoms with Crippen molar-refractivity contribution in [3.8, 4) is 0 Å². The van der Waals surface area contributed by atoms with Crippen LogP contribution in [-0.4, -0.2) is 110 Å². The molecule has 0 aliphatic heterocycles. The summed E-state index contributed by atoms with van der Waals surface area (Å²) in [4.78, 5) is 17.7. The number of halogens is 12. The first-order valence-corrected chi connectivity index (χ1v) is 47.0. The summed E-state index contributed by atoms with van der Waals surface area (Å²) in [5.41, 5.74) is 5.55. The Labute approximate surface area is 868 Å². The number of allylic oxidation sites excluding steroid dienone is 8. The van der Waals surface area contributed by atoms with Crippen LogP contribution >= 0.6 is 0 Å². The van der Waals surface area contributed by atoms with E-state index in [-0.39, 0.29) is 124 Å². The molecular weight excluding hydrogens is 2500 g/mol. The van der Waals surface area contributed by atoms with Gasteiger partial charge in [-0.05, 0) is 126 Å². The van der Waals surface area contributed by atoms with Gasteiger partial charge in [0, 0.05) is 117 Å². The van der Waals surface area contributed by atoms with Crippen molar-refractivity contribution in [2.45, 2.75) is 369 Å². The molecule has 4 aromatic carbocycles. The molecule has 0 bridgehead atoms. The van der Waals surface area contributed by atoms with Crippen molar-refractivity contribution in [2.24, 2.45) is 55.2 Å². The SMILES string of the molecule is CC(C)(C)C(O)CC(O)C(C)(C)C.CC(C)(C)C(O)CC(O)C(C)(C)C.CC(C)(C)C(O)CC(O)C(C)(C)C.CC(C)(C)C(O)CC(O)C(C)(C)C.CC1[C-]=C(c2ccc3cc(C(F)(F)F)ccc3n2)CCC1.CC1[C-]=C(c2ccc3ccc(C(F)(F)F)cc3n2)CCC1.FC(F)(F)c1ccc2ccc(C3=[C-]CCCC3)nc2c1.FC(F)(F)c1ccc2nc(C3=[C-]CCCC3)ccc2c1.[Ir].[Ir].[Ir].[Ir]. The molecule has 0 spiro atoms. The van der Waals surface area contributed by atoms with Gasteiger partial charge in [-0.1, -0.05) is 316 Å². The monoisotopic (exact) mass is 2660 g/mol. The van der Waals surface area contributed by atoms with E-state index in [1.165, 1.54) is 24.3 Å². The maximum absolute atomic E-state index is 12.8. The van der Waals surface area contributed by atoms with Crippen LogP contribution in [0.3, 0.4) is 0 Å². The molecule has 0 saturated heterocycles. The van der Waals surface area contributed by atoms with Crippen molar-refractivity contribution >= 4 is 65.9 Å². The maximum atomic E-state index is 12.8. The molecule has 8 N–H and O–H groups in total. The quantitative estimate of drug-likeness (QED) is 0.0424. The molecular formula is C110H152F12Ir4N4O8-4. The largest absolute Gasteiger partial charge is 0.416 e. The minimum Gasteiger partial charge on any atom is -0.392 e. The molecule has 4 heterocycles. The van der Waals surface area contributed by atoms with Crippen molar-refractivity contribution in [3.05, 3.63) is 191 Å². The van der Waals surface area contributed by atoms with Gasteiger partial charge in [-0.2, -0.15) is 75.0 Å². The van der Waals surface area contributed by atoms with Crippen molar-refractivity contribution in [1.82, 2.24) is 19.9 Å². The van der Waals surface area contributed by atoms with E-state index in [1.807, 2.05) is 190 Å². The van der Waals surface area contributed by atoms with Crippen molar-refractivity contribution in [1.29, 1.82) is 0 Å². The Kier molecular flexibility index (Phi) is 52.1. The summed E-state index contributed by atoms with van der Waals surface area (Å²) in [6.07, 6.45) is 8.73. The molecule has 8 aromatic rings. The van der Waals surface area contributed by atoms with Crippen LogP contribution in [0.5, 0.6) is 0 Å². The van der Waals surface area contributed by atoms with Crippen LogP contribution in [0, 0.1) is 79.5 Å². The third kappa shape index (κ3) is 44.5. The molecule has 138 heavy (non-hydrogen) atoms. The van der Waals surface area contributed by atoms with Crippen LogP contribution < -0.4 is 0 Å². The second-order valence-electron chi connectivity index (χ2n) is 45.0. The van der Waals surface area contributed by atoms with Gasteiger partial charge in [0.25, 0.3) is 0 Å². The average molecular weight is 2660 g/mol. The van der Waals surface area contributed by atoms with Crippen LogP contribution in [0.4, 0.5) is 52.7 Å². The van der Waals surface area contributed by atoms with Gasteiger partial charge in [0.05, 0.1) is 82.1 Å². The number of nitrogens with zero attached hydrogens (tertiary/aromatic N) is 4. The number of pyridine rings is 4. The zero-order valence-electron chi connectivity index (χ0n) is 85.3. The Balaban J connectivity index is 0.000000794. The fourth-order valence-electron chi connectivity index (χ4n) is 13.9. The summed E-state index contributed by atoms with van der Waals surface area (Å²) in [7, 11) is 0. The van der Waals surface area contributed by atoms with Gasteiger partial charge in [0.2, 0.25) is 0 Å². The molecule has 4 aliphatic rings. The van der Waals surface area contributed by atoms with E-state index in [1.54, 1.807) is 24.3 Å². The zero-order valence-corrected chi connectivity index (χ0v) is 94.9. The zero-order chi connectivity index (χ0) is 102. The Bertz CT molecular complexity index is 4950. The summed E-state index contributed by atoms with van der Waals surface area (Å²) >= 11 is 0. The molecule has 4 aliphatic carbocycles. The third-order valence-electron chi connectivity index (χ3n) is 24.4. The van der Waals surface area contributed by atoms with Gasteiger partial charge in [-0.25, -0.2) is 0 Å². The van der Waals surface area contributed by atoms with Crippen LogP contribution in [0.2, 0.25) is 0 Å². The topological polar surface area (TPSA) is 213 Å². The van der Waals surface area contributed by atoms with Gasteiger partial charge < -0.3 is 60.8 Å². The van der Waals surface area contributed by atoms with Crippen molar-refractivity contribution in [2.75, 3.05) is 0 Å². The van der Waals surface area contributed by atoms with Crippen LogP contribution in [0.15, 0.2) is 121 Å². The third-order valence-corrected chi connectivity index (χ3v) is 24.4. The number of hydrogen-bond acceptors (Lipinski definition) is 12. The van der Waals surface area contributed by atoms with Crippen molar-refractivity contribution in [3.63, 3.8) is 0 Å². The molecule has 12 nitrogen and oxygen atoms in total. The second kappa shape index (κ2) is 54.9. The summed E-state index contributed by atoms with van der Waals surface area (Å²) < 4.78 is 153. The summed E-state index contributed by atoms with van der Waals surface area (Å²) in [6, 6.07) is 29.1. The smallest absolute Gasteiger partial charge is 0.392 e. The molecule has 0 amide bonds. The average Bonchev–Trinajstić information content (AvgIpc) is 0.808. The number of rotatable bonds is 12. The first-order chi connectivity index (χ1) is 61.1. The van der Waals surface area contributed by atoms with E-state index in [0.717, 1.165) is 194 Å². The molecule has 10 unspecified atom stereocenters. The van der Waals surface area contributed by atoms with Gasteiger partial charge >= 0.3 is 24.7 Å². The van der Waals surface area contributed by atoms with Crippen LogP contribution in [-0.2, 0) is 105 Å². The number of alkyl halides is 12. The normalized spacial score (nSPS) is 17.6. The first-order valence-electron chi connectivity index (χ1n) is 47.0. The van der Waals surface area contributed by atoms with Gasteiger partial charge in [-0.3, -0.25) is 24.3 Å². The van der Waals surface area contributed by atoms with Gasteiger partial charge in [0.1, 0.15) is 0 Å². The predicted octanol–water partition coefficient (Wildman–Crippen LogP) is 29.3. The Morgan fingerprint density at radius 3 is 0.681 bits per heavy atom. The first kappa shape index (κ1) is 131. The van der Waals surface area contributed by atoms with E-state index < -0.39 is 95.8 Å². The molecule has 0 fully saturated rings. The summed E-state index contributed by atoms with van der Waals surface area (Å²) in [6.45, 7) is 51.7. The van der Waals surface area contributed by atoms with E-state index in [9.17, 15) is 93.5 Å². The standard InChI is InChI=1S/2C17H15F3N.2C16H13F3N.4C11H24O2.4Ir/c1-11-3-2-4-13(9-11)15-8-6-12-5-7-14(17(18,19)20)10-16(12)21-15;1-11-3-2-4-12(9-11)15-7-5-13-10-14(17(18,19)20)6-8-16(13)21-15;17-16(18,19)13-7-9-15-12(10-13)6-8-14(20-15)11-4-2-1-3-5-11;17-16(18,19)13-8-6-12-7-9-14(20-15(12)10-13)11-4-2-1-3-5-11;4*1-10(2,3)8(12)7-9(13)11(4,5)6;;;;/h2*5-8,10-11H,2-4H2,1H3;2*6-10H,1-4H2;4*8-9,12-13H,7H2,1-6H3;;;;/q4*-1;;;;;;;;. The summed E-state index contributed by atoms with van der Waals surface area (Å²) in [5, 5.41) is 80.5. The number of benzene rings is 4. The molecule has 4 aromatic heterocycles. The maximum Gasteiger partial charge on any atom is 0.416 e. The fraction of sp³-hybridized carbons (Fsp3) is 0.600. The predicted molar refractivity (Wildman–Crippen MR) is 519 cm³/mol. The number of aliphatic hydroxyl groups is 8. The van der Waals surface area contributed by atoms with Gasteiger partial charge in [-0.15, -0.1) is 48.9 Å². The molecule has 12 rings (SSSR count). The molecule has 10 atom stereocenters. The molecule has 0 saturated carbocycles. The Morgan fingerprint density at radius 2 is 0.464 bits per heavy atom. The van der Waals surface area contributed by atoms with E-state index in [4.69, 9.17) is 0 Å². The van der Waals surface area contributed by atoms with Crippen LogP contribution in [0.25, 0.3) is 65.9 Å². The van der Waals surface area contributed by atoms with E-state index >= 15 is 0 Å². The number of hydrogen-bond donors (Lipinski definition) is 8. The second-order valence-corrected chi connectivity index (χ2v) is 45.0. The fourth-order valence-corrected chi connectivity index (χ4v) is 13.9. The van der Waals surface area contributed by atoms with E-state index in [2.05, 4.69) is 58.1 Å². The van der Waals surface area contributed by atoms with E-state index in [0.29, 0.717) is 70.4 Å². The molecule has 28 heteroatoms. The minimum atomic E-state index is -4.34. The van der Waals surface area contributed by atoms with Crippen LogP contribution in [0.1, 0.15) is 341 Å².